The lowest BCUT2D eigenvalue weighted by Gasteiger charge is -2.21. The number of aromatic nitrogens is 2. The van der Waals surface area contributed by atoms with Crippen LogP contribution in [-0.2, 0) is 18.9 Å². The number of rotatable bonds is 3. The highest BCUT2D eigenvalue weighted by molar-refractivity contribution is 8.25. The molecule has 0 aliphatic heterocycles. The molecule has 0 fully saturated rings. The third-order valence-corrected chi connectivity index (χ3v) is 9.74. The molecule has 0 saturated heterocycles. The van der Waals surface area contributed by atoms with Crippen LogP contribution in [-0.4, -0.2) is 4.57 Å². The number of hydrogen-bond acceptors (Lipinski definition) is 1. The highest BCUT2D eigenvalue weighted by atomic mass is 127. The minimum atomic E-state index is -2.16. The van der Waals surface area contributed by atoms with Crippen LogP contribution in [0.1, 0.15) is 5.69 Å². The van der Waals surface area contributed by atoms with Crippen LogP contribution in [0.3, 0.4) is 0 Å². The van der Waals surface area contributed by atoms with Gasteiger partial charge in [-0.25, -0.2) is 4.57 Å². The Morgan fingerprint density at radius 2 is 1.31 bits per heavy atom. The quantitative estimate of drug-likeness (QED) is 0.220. The number of fused-ring (bicyclic) bond motifs is 1. The van der Waals surface area contributed by atoms with E-state index in [-0.39, 0.29) is 24.0 Å². The fraction of sp³-hybridized carbons (Fsp3) is 0.0952. The number of imidazole rings is 1. The van der Waals surface area contributed by atoms with Gasteiger partial charge in [-0.05, 0) is 16.7 Å². The van der Waals surface area contributed by atoms with Crippen molar-refractivity contribution in [1.82, 2.24) is 4.57 Å². The number of nitrogens with zero attached hydrogens (tertiary/aromatic N) is 2. The van der Waals surface area contributed by atoms with E-state index in [2.05, 4.69) is 108 Å². The molecule has 0 N–H and O–H groups in total. The van der Waals surface area contributed by atoms with E-state index in [1.165, 1.54) is 21.7 Å². The standard InChI is InChI=1S/C21H20N2PS.HI/c1-17-21(23-16-10-9-15-20(23)22(17)2)24(25,18-11-5-3-6-12-18)19-13-7-4-8-14-19;/h3-16H,1-2H3;1H/q+1;/p-1. The minimum Gasteiger partial charge on any atom is -1.00 e. The maximum Gasteiger partial charge on any atom is 0.286 e. The van der Waals surface area contributed by atoms with Crippen molar-refractivity contribution in [2.75, 3.05) is 0 Å². The van der Waals surface area contributed by atoms with Crippen LogP contribution in [0.4, 0.5) is 0 Å². The first-order valence-electron chi connectivity index (χ1n) is 8.31. The first kappa shape index (κ1) is 19.3. The van der Waals surface area contributed by atoms with E-state index in [9.17, 15) is 0 Å². The van der Waals surface area contributed by atoms with Gasteiger partial charge >= 0.3 is 0 Å². The molecule has 2 nitrogen and oxygen atoms in total. The summed E-state index contributed by atoms with van der Waals surface area (Å²) in [5.41, 5.74) is 3.62. The van der Waals surface area contributed by atoms with Crippen LogP contribution in [0.15, 0.2) is 85.1 Å². The van der Waals surface area contributed by atoms with Crippen LogP contribution in [0.2, 0.25) is 0 Å². The second-order valence-corrected chi connectivity index (χ2v) is 10.5. The van der Waals surface area contributed by atoms with Crippen molar-refractivity contribution in [1.29, 1.82) is 0 Å². The number of pyridine rings is 1. The molecule has 0 aliphatic rings. The summed E-state index contributed by atoms with van der Waals surface area (Å²) in [6.45, 7) is 2.18. The van der Waals surface area contributed by atoms with E-state index in [4.69, 9.17) is 11.8 Å². The number of hydrogen-bond donors (Lipinski definition) is 0. The molecule has 0 amide bonds. The molecule has 26 heavy (non-hydrogen) atoms. The molecule has 132 valence electrons. The van der Waals surface area contributed by atoms with Gasteiger partial charge in [-0.3, -0.25) is 0 Å². The van der Waals surface area contributed by atoms with Crippen LogP contribution in [0.25, 0.3) is 5.65 Å². The Balaban J connectivity index is 0.00000196. The molecule has 2 aromatic heterocycles. The minimum absolute atomic E-state index is 0. The average molecular weight is 490 g/mol. The summed E-state index contributed by atoms with van der Waals surface area (Å²) in [7, 11) is 2.11. The fourth-order valence-electron chi connectivity index (χ4n) is 3.43. The highest BCUT2D eigenvalue weighted by Crippen LogP contribution is 2.42. The van der Waals surface area contributed by atoms with Gasteiger partial charge in [0, 0.05) is 13.0 Å². The summed E-state index contributed by atoms with van der Waals surface area (Å²) >= 11 is 6.51. The first-order chi connectivity index (χ1) is 12.1. The molecule has 4 rings (SSSR count). The van der Waals surface area contributed by atoms with E-state index < -0.39 is 6.04 Å². The lowest BCUT2D eigenvalue weighted by molar-refractivity contribution is -0.490. The van der Waals surface area contributed by atoms with E-state index in [0.29, 0.717) is 0 Å². The zero-order valence-corrected chi connectivity index (χ0v) is 18.6. The SMILES string of the molecule is Cc1c(P(=S)(c2ccccc2)c2ccccc2)[n+]2ccccc2n1C.[I-]. The van der Waals surface area contributed by atoms with Crippen molar-refractivity contribution < 1.29 is 28.4 Å². The van der Waals surface area contributed by atoms with Crippen molar-refractivity contribution in [3.05, 3.63) is 90.8 Å². The number of halogens is 1. The lowest BCUT2D eigenvalue weighted by atomic mass is 10.4. The van der Waals surface area contributed by atoms with Gasteiger partial charge in [0.15, 0.2) is 5.44 Å². The predicted molar refractivity (Wildman–Crippen MR) is 109 cm³/mol. The Bertz CT molecular complexity index is 1050. The van der Waals surface area contributed by atoms with Gasteiger partial charge < -0.3 is 24.0 Å². The molecule has 0 unspecified atom stereocenters. The van der Waals surface area contributed by atoms with E-state index in [1.807, 2.05) is 0 Å². The van der Waals surface area contributed by atoms with Gasteiger partial charge in [0.25, 0.3) is 5.65 Å². The molecular weight excluding hydrogens is 470 g/mol. The fourth-order valence-corrected chi connectivity index (χ4v) is 7.87. The summed E-state index contributed by atoms with van der Waals surface area (Å²) < 4.78 is 4.51. The molecule has 4 aromatic rings. The van der Waals surface area contributed by atoms with Gasteiger partial charge in [0.1, 0.15) is 5.69 Å². The van der Waals surface area contributed by atoms with Crippen LogP contribution < -0.4 is 44.4 Å². The second-order valence-electron chi connectivity index (χ2n) is 6.18. The van der Waals surface area contributed by atoms with Gasteiger partial charge in [-0.15, -0.1) is 0 Å². The molecule has 5 heteroatoms. The first-order valence-corrected chi connectivity index (χ1v) is 11.1. The van der Waals surface area contributed by atoms with E-state index in [0.717, 1.165) is 5.65 Å². The Morgan fingerprint density at radius 1 is 0.808 bits per heavy atom. The Labute approximate surface area is 176 Å². The third-order valence-electron chi connectivity index (χ3n) is 4.77. The predicted octanol–water partition coefficient (Wildman–Crippen LogP) is -0.168. The molecule has 2 aromatic carbocycles. The Kier molecular flexibility index (Phi) is 5.66. The zero-order chi connectivity index (χ0) is 17.4. The van der Waals surface area contributed by atoms with Crippen LogP contribution in [0, 0.1) is 6.92 Å². The van der Waals surface area contributed by atoms with Gasteiger partial charge in [-0.2, -0.15) is 4.40 Å². The molecule has 2 heterocycles. The van der Waals surface area contributed by atoms with Gasteiger partial charge in [0.05, 0.1) is 19.3 Å². The largest absolute Gasteiger partial charge is 1.00 e. The van der Waals surface area contributed by atoms with Gasteiger partial charge in [0.2, 0.25) is 0 Å². The average Bonchev–Trinajstić information content (AvgIpc) is 2.94. The van der Waals surface area contributed by atoms with E-state index in [1.54, 1.807) is 0 Å². The van der Waals surface area contributed by atoms with Crippen molar-refractivity contribution >= 4 is 39.5 Å². The third kappa shape index (κ3) is 2.94. The summed E-state index contributed by atoms with van der Waals surface area (Å²) in [5.74, 6) is 0. The summed E-state index contributed by atoms with van der Waals surface area (Å²) in [4.78, 5) is 0. The highest BCUT2D eigenvalue weighted by Gasteiger charge is 2.35. The van der Waals surface area contributed by atoms with Crippen molar-refractivity contribution in [2.24, 2.45) is 7.05 Å². The molecule has 0 spiro atoms. The van der Waals surface area contributed by atoms with Crippen molar-refractivity contribution in [3.63, 3.8) is 0 Å². The summed E-state index contributed by atoms with van der Waals surface area (Å²) in [5, 5.41) is 2.45. The van der Waals surface area contributed by atoms with Crippen molar-refractivity contribution in [2.45, 2.75) is 6.92 Å². The molecular formula is C21H20IN2PS. The molecule has 0 atom stereocenters. The Morgan fingerprint density at radius 3 is 1.85 bits per heavy atom. The van der Waals surface area contributed by atoms with Gasteiger partial charge in [-0.1, -0.05) is 78.5 Å². The maximum atomic E-state index is 6.51. The smallest absolute Gasteiger partial charge is 0.286 e. The Hall–Kier alpha value is -1.49. The van der Waals surface area contributed by atoms with Crippen LogP contribution >= 0.6 is 6.04 Å². The molecule has 0 radical (unpaired) electrons. The monoisotopic (exact) mass is 490 g/mol. The normalized spacial score (nSPS) is 11.3. The van der Waals surface area contributed by atoms with Crippen molar-refractivity contribution in [3.8, 4) is 0 Å². The van der Waals surface area contributed by atoms with Crippen LogP contribution in [0.5, 0.6) is 0 Å². The summed E-state index contributed by atoms with van der Waals surface area (Å²) in [6, 6.07) is 25.3. The topological polar surface area (TPSA) is 9.03 Å². The second kappa shape index (κ2) is 7.63. The molecule has 0 aliphatic carbocycles. The number of aryl methyl sites for hydroxylation is 1. The zero-order valence-electron chi connectivity index (χ0n) is 14.7. The number of benzene rings is 2. The maximum absolute atomic E-state index is 6.51. The molecule has 0 bridgehead atoms. The lowest BCUT2D eigenvalue weighted by Crippen LogP contribution is -3.00. The summed E-state index contributed by atoms with van der Waals surface area (Å²) in [6.07, 6.45) is 2.13. The molecule has 0 saturated carbocycles. The van der Waals surface area contributed by atoms with E-state index >= 15 is 0 Å².